The molecule has 1 saturated carbocycles. The van der Waals surface area contributed by atoms with Crippen molar-refractivity contribution in [2.45, 2.75) is 31.7 Å². The lowest BCUT2D eigenvalue weighted by Gasteiger charge is -2.23. The van der Waals surface area contributed by atoms with Gasteiger partial charge in [-0.05, 0) is 36.8 Å². The summed E-state index contributed by atoms with van der Waals surface area (Å²) in [7, 11) is 0. The van der Waals surface area contributed by atoms with Crippen molar-refractivity contribution in [3.8, 4) is 0 Å². The number of carbonyl (C=O) groups is 2. The van der Waals surface area contributed by atoms with Crippen molar-refractivity contribution >= 4 is 11.8 Å². The summed E-state index contributed by atoms with van der Waals surface area (Å²) >= 11 is 0. The standard InChI is InChI=1S/C18H24N2O3/c21-12-16(19-17(22)13-6-2-1-3-7-13)18(23)20-10-14-8-4-5-9-15(14)11-20/h1-3,6-7,14-16,21H,4-5,8-12H2,(H,19,22)/t14-,15+,16-/m0/s1. The van der Waals surface area contributed by atoms with E-state index >= 15 is 0 Å². The molecule has 5 heteroatoms. The van der Waals surface area contributed by atoms with Crippen molar-refractivity contribution in [1.29, 1.82) is 0 Å². The van der Waals surface area contributed by atoms with E-state index in [9.17, 15) is 14.7 Å². The Morgan fingerprint density at radius 2 is 1.74 bits per heavy atom. The summed E-state index contributed by atoms with van der Waals surface area (Å²) in [6.45, 7) is 1.16. The van der Waals surface area contributed by atoms with E-state index in [-0.39, 0.29) is 18.4 Å². The lowest BCUT2D eigenvalue weighted by Crippen LogP contribution is -2.50. The number of hydrogen-bond donors (Lipinski definition) is 2. The predicted octanol–water partition coefficient (Wildman–Crippen LogP) is 1.43. The van der Waals surface area contributed by atoms with Gasteiger partial charge in [0.05, 0.1) is 6.61 Å². The fourth-order valence-corrected chi connectivity index (χ4v) is 3.82. The Balaban J connectivity index is 1.62. The van der Waals surface area contributed by atoms with Gasteiger partial charge in [0.15, 0.2) is 0 Å². The second-order valence-electron chi connectivity index (χ2n) is 6.62. The van der Waals surface area contributed by atoms with Gasteiger partial charge in [0, 0.05) is 18.7 Å². The molecule has 1 heterocycles. The van der Waals surface area contributed by atoms with Crippen LogP contribution in [0.15, 0.2) is 30.3 Å². The van der Waals surface area contributed by atoms with E-state index in [1.807, 2.05) is 11.0 Å². The predicted molar refractivity (Wildman–Crippen MR) is 86.8 cm³/mol. The molecule has 23 heavy (non-hydrogen) atoms. The first kappa shape index (κ1) is 16.0. The summed E-state index contributed by atoms with van der Waals surface area (Å²) in [6, 6.07) is 7.91. The summed E-state index contributed by atoms with van der Waals surface area (Å²) in [6.07, 6.45) is 4.87. The number of likely N-dealkylation sites (tertiary alicyclic amines) is 1. The molecule has 2 aliphatic rings. The molecule has 1 aromatic carbocycles. The van der Waals surface area contributed by atoms with Gasteiger partial charge in [-0.3, -0.25) is 9.59 Å². The molecule has 0 aromatic heterocycles. The first-order valence-electron chi connectivity index (χ1n) is 8.44. The van der Waals surface area contributed by atoms with Crippen molar-refractivity contribution < 1.29 is 14.7 Å². The Bertz CT molecular complexity index is 547. The summed E-state index contributed by atoms with van der Waals surface area (Å²) in [4.78, 5) is 26.7. The molecule has 0 unspecified atom stereocenters. The van der Waals surface area contributed by atoms with Gasteiger partial charge in [-0.15, -0.1) is 0 Å². The second-order valence-corrected chi connectivity index (χ2v) is 6.62. The lowest BCUT2D eigenvalue weighted by molar-refractivity contribution is -0.133. The number of nitrogens with one attached hydrogen (secondary N) is 1. The van der Waals surface area contributed by atoms with Crippen molar-refractivity contribution in [3.05, 3.63) is 35.9 Å². The van der Waals surface area contributed by atoms with Crippen LogP contribution in [-0.4, -0.2) is 47.6 Å². The van der Waals surface area contributed by atoms with Crippen LogP contribution in [0.1, 0.15) is 36.0 Å². The Hall–Kier alpha value is -1.88. The summed E-state index contributed by atoms with van der Waals surface area (Å²) in [5.74, 6) is 0.703. The molecule has 2 N–H and O–H groups in total. The molecule has 0 bridgehead atoms. The van der Waals surface area contributed by atoms with Crippen molar-refractivity contribution in [2.75, 3.05) is 19.7 Å². The summed E-state index contributed by atoms with van der Waals surface area (Å²) < 4.78 is 0. The van der Waals surface area contributed by atoms with Crippen LogP contribution in [0.25, 0.3) is 0 Å². The van der Waals surface area contributed by atoms with Gasteiger partial charge in [0.1, 0.15) is 6.04 Å². The van der Waals surface area contributed by atoms with Gasteiger partial charge < -0.3 is 15.3 Å². The third kappa shape index (κ3) is 3.55. The van der Waals surface area contributed by atoms with Gasteiger partial charge in [-0.25, -0.2) is 0 Å². The number of amides is 2. The molecule has 0 spiro atoms. The number of benzene rings is 1. The number of rotatable bonds is 4. The van der Waals surface area contributed by atoms with E-state index in [1.165, 1.54) is 25.7 Å². The summed E-state index contributed by atoms with van der Waals surface area (Å²) in [5, 5.41) is 12.2. The van der Waals surface area contributed by atoms with Crippen molar-refractivity contribution in [3.63, 3.8) is 0 Å². The SMILES string of the molecule is O=C(N[C@@H](CO)C(=O)N1C[C@H]2CCCC[C@H]2C1)c1ccccc1. The van der Waals surface area contributed by atoms with Crippen LogP contribution in [-0.2, 0) is 4.79 Å². The first-order valence-corrected chi connectivity index (χ1v) is 8.44. The third-order valence-corrected chi connectivity index (χ3v) is 5.11. The zero-order chi connectivity index (χ0) is 16.2. The molecule has 1 aliphatic heterocycles. The smallest absolute Gasteiger partial charge is 0.251 e. The molecular formula is C18H24N2O3. The van der Waals surface area contributed by atoms with Crippen LogP contribution in [0.5, 0.6) is 0 Å². The highest BCUT2D eigenvalue weighted by atomic mass is 16.3. The number of fused-ring (bicyclic) bond motifs is 1. The highest BCUT2D eigenvalue weighted by Crippen LogP contribution is 2.36. The lowest BCUT2D eigenvalue weighted by atomic mass is 9.82. The Morgan fingerprint density at radius 3 is 2.30 bits per heavy atom. The fourth-order valence-electron chi connectivity index (χ4n) is 3.82. The van der Waals surface area contributed by atoms with Gasteiger partial charge in [0.2, 0.25) is 5.91 Å². The van der Waals surface area contributed by atoms with Crippen LogP contribution >= 0.6 is 0 Å². The molecular weight excluding hydrogens is 292 g/mol. The minimum absolute atomic E-state index is 0.161. The van der Waals surface area contributed by atoms with E-state index in [2.05, 4.69) is 5.32 Å². The number of aliphatic hydroxyl groups excluding tert-OH is 1. The van der Waals surface area contributed by atoms with Crippen LogP contribution < -0.4 is 5.32 Å². The minimum atomic E-state index is -0.858. The monoisotopic (exact) mass is 316 g/mol. The second kappa shape index (κ2) is 7.13. The van der Waals surface area contributed by atoms with Crippen molar-refractivity contribution in [1.82, 2.24) is 10.2 Å². The van der Waals surface area contributed by atoms with Gasteiger partial charge >= 0.3 is 0 Å². The number of nitrogens with zero attached hydrogens (tertiary/aromatic N) is 1. The van der Waals surface area contributed by atoms with Crippen LogP contribution in [0.4, 0.5) is 0 Å². The molecule has 1 saturated heterocycles. The molecule has 0 radical (unpaired) electrons. The van der Waals surface area contributed by atoms with E-state index in [0.29, 0.717) is 17.4 Å². The highest BCUT2D eigenvalue weighted by Gasteiger charge is 2.38. The topological polar surface area (TPSA) is 69.6 Å². The molecule has 5 nitrogen and oxygen atoms in total. The van der Waals surface area contributed by atoms with Gasteiger partial charge in [-0.1, -0.05) is 31.0 Å². The zero-order valence-corrected chi connectivity index (χ0v) is 13.3. The fraction of sp³-hybridized carbons (Fsp3) is 0.556. The first-order chi connectivity index (χ1) is 11.2. The maximum Gasteiger partial charge on any atom is 0.251 e. The van der Waals surface area contributed by atoms with Gasteiger partial charge in [-0.2, -0.15) is 0 Å². The zero-order valence-electron chi connectivity index (χ0n) is 13.3. The Kier molecular flexibility index (Phi) is 4.96. The van der Waals surface area contributed by atoms with Crippen LogP contribution in [0.3, 0.4) is 0 Å². The number of carbonyl (C=O) groups excluding carboxylic acids is 2. The molecule has 3 rings (SSSR count). The molecule has 2 fully saturated rings. The average molecular weight is 316 g/mol. The van der Waals surface area contributed by atoms with Gasteiger partial charge in [0.25, 0.3) is 5.91 Å². The Labute approximate surface area is 136 Å². The third-order valence-electron chi connectivity index (χ3n) is 5.11. The maximum absolute atomic E-state index is 12.6. The molecule has 3 atom stereocenters. The molecule has 124 valence electrons. The maximum atomic E-state index is 12.6. The molecule has 1 aromatic rings. The van der Waals surface area contributed by atoms with E-state index in [1.54, 1.807) is 24.3 Å². The summed E-state index contributed by atoms with van der Waals surface area (Å²) in [5.41, 5.74) is 0.494. The highest BCUT2D eigenvalue weighted by molar-refractivity contribution is 5.97. The normalized spacial score (nSPS) is 24.8. The van der Waals surface area contributed by atoms with Crippen molar-refractivity contribution in [2.24, 2.45) is 11.8 Å². The number of hydrogen-bond acceptors (Lipinski definition) is 3. The molecule has 1 aliphatic carbocycles. The minimum Gasteiger partial charge on any atom is -0.394 e. The van der Waals surface area contributed by atoms with Crippen LogP contribution in [0.2, 0.25) is 0 Å². The quantitative estimate of drug-likeness (QED) is 0.883. The van der Waals surface area contributed by atoms with E-state index < -0.39 is 6.04 Å². The largest absolute Gasteiger partial charge is 0.394 e. The molecule has 2 amide bonds. The average Bonchev–Trinajstić information content (AvgIpc) is 3.03. The Morgan fingerprint density at radius 1 is 1.13 bits per heavy atom. The number of aliphatic hydroxyl groups is 1. The van der Waals surface area contributed by atoms with Crippen LogP contribution in [0, 0.1) is 11.8 Å². The van der Waals surface area contributed by atoms with E-state index in [0.717, 1.165) is 13.1 Å². The van der Waals surface area contributed by atoms with E-state index in [4.69, 9.17) is 0 Å².